The smallest absolute Gasteiger partial charge is 0.252 e. The molecule has 0 aliphatic carbocycles. The summed E-state index contributed by atoms with van der Waals surface area (Å²) in [5.41, 5.74) is 11.7. The Kier molecular flexibility index (Phi) is 3.14. The van der Waals surface area contributed by atoms with Crippen molar-refractivity contribution < 1.29 is 9.53 Å². The molecule has 1 unspecified atom stereocenters. The minimum absolute atomic E-state index is 0.226. The number of carbonyl (C=O) groups is 1. The van der Waals surface area contributed by atoms with Crippen molar-refractivity contribution in [1.29, 1.82) is 0 Å². The zero-order chi connectivity index (χ0) is 12.4. The molecule has 6 nitrogen and oxygen atoms in total. The van der Waals surface area contributed by atoms with Gasteiger partial charge in [0.25, 0.3) is 5.91 Å². The van der Waals surface area contributed by atoms with Gasteiger partial charge >= 0.3 is 0 Å². The molecule has 1 aliphatic heterocycles. The Morgan fingerprint density at radius 1 is 1.65 bits per heavy atom. The van der Waals surface area contributed by atoms with Crippen LogP contribution in [0.4, 0.5) is 11.5 Å². The van der Waals surface area contributed by atoms with Gasteiger partial charge in [0.05, 0.1) is 30.1 Å². The predicted molar refractivity (Wildman–Crippen MR) is 64.8 cm³/mol. The Morgan fingerprint density at radius 2 is 2.41 bits per heavy atom. The fourth-order valence-electron chi connectivity index (χ4n) is 1.94. The lowest BCUT2D eigenvalue weighted by Crippen LogP contribution is -2.34. The molecule has 2 rings (SSSR count). The molecule has 92 valence electrons. The number of rotatable bonds is 3. The third-order valence-electron chi connectivity index (χ3n) is 2.94. The van der Waals surface area contributed by atoms with Crippen molar-refractivity contribution >= 4 is 17.4 Å². The van der Waals surface area contributed by atoms with Gasteiger partial charge in [-0.05, 0) is 12.5 Å². The topological polar surface area (TPSA) is 94.5 Å². The Hall–Kier alpha value is -1.82. The van der Waals surface area contributed by atoms with Crippen molar-refractivity contribution in [2.45, 2.75) is 12.5 Å². The first-order valence-corrected chi connectivity index (χ1v) is 5.45. The maximum absolute atomic E-state index is 11.4. The van der Waals surface area contributed by atoms with Crippen molar-refractivity contribution in [2.75, 3.05) is 30.9 Å². The summed E-state index contributed by atoms with van der Waals surface area (Å²) in [5, 5.41) is 0. The van der Waals surface area contributed by atoms with Gasteiger partial charge in [0.1, 0.15) is 5.82 Å². The van der Waals surface area contributed by atoms with Crippen LogP contribution in [0.5, 0.6) is 0 Å². The minimum atomic E-state index is -0.523. The van der Waals surface area contributed by atoms with Crippen LogP contribution in [0, 0.1) is 0 Å². The highest BCUT2D eigenvalue weighted by Crippen LogP contribution is 2.23. The van der Waals surface area contributed by atoms with E-state index in [9.17, 15) is 4.79 Å². The number of hydrogen-bond donors (Lipinski definition) is 2. The van der Waals surface area contributed by atoms with Crippen LogP contribution in [0.25, 0.3) is 0 Å². The first-order chi connectivity index (χ1) is 8.09. The summed E-state index contributed by atoms with van der Waals surface area (Å²) >= 11 is 0. The molecular formula is C11H16N4O2. The normalized spacial score (nSPS) is 19.2. The lowest BCUT2D eigenvalue weighted by molar-refractivity contribution is 0.100. The molecule has 1 aromatic heterocycles. The number of primary amides is 1. The van der Waals surface area contributed by atoms with Crippen LogP contribution in [-0.4, -0.2) is 37.2 Å². The van der Waals surface area contributed by atoms with Crippen molar-refractivity contribution in [3.05, 3.63) is 17.8 Å². The summed E-state index contributed by atoms with van der Waals surface area (Å²) in [6.07, 6.45) is 2.44. The van der Waals surface area contributed by atoms with Gasteiger partial charge in [-0.2, -0.15) is 0 Å². The number of aromatic nitrogens is 1. The summed E-state index contributed by atoms with van der Waals surface area (Å²) in [6.45, 7) is 1.37. The lowest BCUT2D eigenvalue weighted by atomic mass is 10.1. The number of hydrogen-bond acceptors (Lipinski definition) is 5. The zero-order valence-electron chi connectivity index (χ0n) is 9.72. The average Bonchev–Trinajstić information content (AvgIpc) is 2.81. The highest BCUT2D eigenvalue weighted by Gasteiger charge is 2.24. The van der Waals surface area contributed by atoms with E-state index in [1.54, 1.807) is 6.07 Å². The third-order valence-corrected chi connectivity index (χ3v) is 2.94. The van der Waals surface area contributed by atoms with E-state index in [1.165, 1.54) is 6.20 Å². The second-order valence-corrected chi connectivity index (χ2v) is 4.13. The number of nitrogens with zero attached hydrogens (tertiary/aromatic N) is 2. The van der Waals surface area contributed by atoms with Gasteiger partial charge < -0.3 is 21.1 Å². The van der Waals surface area contributed by atoms with Crippen LogP contribution in [0.1, 0.15) is 16.8 Å². The van der Waals surface area contributed by atoms with Crippen LogP contribution in [0.3, 0.4) is 0 Å². The minimum Gasteiger partial charge on any atom is -0.397 e. The molecular weight excluding hydrogens is 220 g/mol. The second-order valence-electron chi connectivity index (χ2n) is 4.13. The van der Waals surface area contributed by atoms with Gasteiger partial charge in [-0.3, -0.25) is 4.79 Å². The first kappa shape index (κ1) is 11.7. The molecule has 6 heteroatoms. The Morgan fingerprint density at radius 3 is 3.00 bits per heavy atom. The molecule has 0 bridgehead atoms. The standard InChI is InChI=1S/C11H16N4O2/c1-15(8-2-3-17-6-8)11-9(10(13)16)4-7(12)5-14-11/h4-5,8H,2-3,6,12H2,1H3,(H2,13,16). The summed E-state index contributed by atoms with van der Waals surface area (Å²) in [5.74, 6) is 0.0350. The van der Waals surface area contributed by atoms with E-state index < -0.39 is 5.91 Å². The fourth-order valence-corrected chi connectivity index (χ4v) is 1.94. The summed E-state index contributed by atoms with van der Waals surface area (Å²) < 4.78 is 5.31. The Bertz CT molecular complexity index is 429. The van der Waals surface area contributed by atoms with Gasteiger partial charge in [0.15, 0.2) is 0 Å². The molecule has 0 saturated carbocycles. The number of ether oxygens (including phenoxy) is 1. The summed E-state index contributed by atoms with van der Waals surface area (Å²) in [6, 6.07) is 1.78. The maximum Gasteiger partial charge on any atom is 0.252 e. The van der Waals surface area contributed by atoms with Crippen molar-refractivity contribution in [2.24, 2.45) is 5.73 Å². The van der Waals surface area contributed by atoms with Gasteiger partial charge in [-0.1, -0.05) is 0 Å². The van der Waals surface area contributed by atoms with Crippen LogP contribution in [0.15, 0.2) is 12.3 Å². The maximum atomic E-state index is 11.4. The number of nitrogen functional groups attached to an aromatic ring is 1. The number of amides is 1. The van der Waals surface area contributed by atoms with Crippen molar-refractivity contribution in [3.63, 3.8) is 0 Å². The Labute approximate surface area is 99.5 Å². The highest BCUT2D eigenvalue weighted by atomic mass is 16.5. The van der Waals surface area contributed by atoms with Gasteiger partial charge in [0.2, 0.25) is 0 Å². The van der Waals surface area contributed by atoms with Crippen LogP contribution in [-0.2, 0) is 4.74 Å². The van der Waals surface area contributed by atoms with E-state index in [4.69, 9.17) is 16.2 Å². The summed E-state index contributed by atoms with van der Waals surface area (Å²) in [4.78, 5) is 17.5. The largest absolute Gasteiger partial charge is 0.397 e. The third kappa shape index (κ3) is 2.31. The van der Waals surface area contributed by atoms with Crippen LogP contribution >= 0.6 is 0 Å². The van der Waals surface area contributed by atoms with Crippen LogP contribution < -0.4 is 16.4 Å². The van der Waals surface area contributed by atoms with Crippen molar-refractivity contribution in [1.82, 2.24) is 4.98 Å². The molecule has 0 spiro atoms. The molecule has 1 saturated heterocycles. The summed E-state index contributed by atoms with van der Waals surface area (Å²) in [7, 11) is 1.88. The molecule has 1 aliphatic rings. The quantitative estimate of drug-likeness (QED) is 0.769. The molecule has 1 aromatic rings. The molecule has 17 heavy (non-hydrogen) atoms. The van der Waals surface area contributed by atoms with Gasteiger partial charge in [-0.15, -0.1) is 0 Å². The molecule has 1 atom stereocenters. The van der Waals surface area contributed by atoms with E-state index in [1.807, 2.05) is 11.9 Å². The van der Waals surface area contributed by atoms with Gasteiger partial charge in [0, 0.05) is 13.7 Å². The SMILES string of the molecule is CN(c1ncc(N)cc1C(N)=O)C1CCOC1. The van der Waals surface area contributed by atoms with E-state index in [0.29, 0.717) is 23.7 Å². The Balaban J connectivity index is 2.33. The monoisotopic (exact) mass is 236 g/mol. The number of nitrogens with two attached hydrogens (primary N) is 2. The van der Waals surface area contributed by atoms with Gasteiger partial charge in [-0.25, -0.2) is 4.98 Å². The van der Waals surface area contributed by atoms with Crippen LogP contribution in [0.2, 0.25) is 0 Å². The highest BCUT2D eigenvalue weighted by molar-refractivity contribution is 5.98. The molecule has 1 amide bonds. The average molecular weight is 236 g/mol. The number of anilines is 2. The second kappa shape index (κ2) is 4.58. The van der Waals surface area contributed by atoms with E-state index in [0.717, 1.165) is 13.0 Å². The molecule has 1 fully saturated rings. The number of likely N-dealkylation sites (N-methyl/N-ethyl adjacent to an activating group) is 1. The van der Waals surface area contributed by atoms with Crippen molar-refractivity contribution in [3.8, 4) is 0 Å². The number of carbonyl (C=O) groups excluding carboxylic acids is 1. The molecule has 0 aromatic carbocycles. The van der Waals surface area contributed by atoms with E-state index >= 15 is 0 Å². The lowest BCUT2D eigenvalue weighted by Gasteiger charge is -2.25. The van der Waals surface area contributed by atoms with E-state index in [-0.39, 0.29) is 6.04 Å². The molecule has 0 radical (unpaired) electrons. The molecule has 2 heterocycles. The zero-order valence-corrected chi connectivity index (χ0v) is 9.72. The van der Waals surface area contributed by atoms with E-state index in [2.05, 4.69) is 4.98 Å². The predicted octanol–water partition coefficient (Wildman–Crippen LogP) is -0.0122. The molecule has 4 N–H and O–H groups in total. The number of pyridine rings is 1. The fraction of sp³-hybridized carbons (Fsp3) is 0.455. The first-order valence-electron chi connectivity index (χ1n) is 5.45.